The van der Waals surface area contributed by atoms with Crippen LogP contribution in [0.3, 0.4) is 0 Å². The van der Waals surface area contributed by atoms with Gasteiger partial charge in [0.05, 0.1) is 5.69 Å². The lowest BCUT2D eigenvalue weighted by Crippen LogP contribution is -2.52. The van der Waals surface area contributed by atoms with Crippen LogP contribution in [0, 0.1) is 6.92 Å². The standard InChI is InChI=1S/C20H28N4O4/c1-12-16(17(27)22-19(21-12)20(2,3)4)18(28)23-10-8-13(9-11-23)24-14(25)6-5-7-15(24)26/h13H,5-11H2,1-4H3,(H,21,22,27). The van der Waals surface area contributed by atoms with Gasteiger partial charge < -0.3 is 9.88 Å². The maximum Gasteiger partial charge on any atom is 0.264 e. The molecule has 1 N–H and O–H groups in total. The number of H-pyrrole nitrogens is 1. The summed E-state index contributed by atoms with van der Waals surface area (Å²) in [5, 5.41) is 0. The summed E-state index contributed by atoms with van der Waals surface area (Å²) in [7, 11) is 0. The number of carbonyl (C=O) groups excluding carboxylic acids is 3. The summed E-state index contributed by atoms with van der Waals surface area (Å²) in [6.07, 6.45) is 2.50. The van der Waals surface area contributed by atoms with E-state index in [0.717, 1.165) is 0 Å². The minimum Gasteiger partial charge on any atom is -0.338 e. The predicted molar refractivity (Wildman–Crippen MR) is 103 cm³/mol. The summed E-state index contributed by atoms with van der Waals surface area (Å²) < 4.78 is 0. The Labute approximate surface area is 164 Å². The van der Waals surface area contributed by atoms with Crippen LogP contribution in [0.2, 0.25) is 0 Å². The molecule has 3 rings (SSSR count). The van der Waals surface area contributed by atoms with Crippen molar-refractivity contribution in [1.82, 2.24) is 19.8 Å². The van der Waals surface area contributed by atoms with E-state index in [1.54, 1.807) is 11.8 Å². The first kappa shape index (κ1) is 20.2. The van der Waals surface area contributed by atoms with E-state index >= 15 is 0 Å². The third-order valence-corrected chi connectivity index (χ3v) is 5.46. The minimum atomic E-state index is -0.425. The molecule has 8 heteroatoms. The fraction of sp³-hybridized carbons (Fsp3) is 0.650. The lowest BCUT2D eigenvalue weighted by molar-refractivity contribution is -0.151. The molecule has 2 fully saturated rings. The Bertz CT molecular complexity index is 844. The highest BCUT2D eigenvalue weighted by atomic mass is 16.2. The zero-order valence-electron chi connectivity index (χ0n) is 17.0. The van der Waals surface area contributed by atoms with E-state index in [9.17, 15) is 19.2 Å². The summed E-state index contributed by atoms with van der Waals surface area (Å²) in [6, 6.07) is -0.162. The van der Waals surface area contributed by atoms with Gasteiger partial charge in [0.2, 0.25) is 11.8 Å². The van der Waals surface area contributed by atoms with Crippen molar-refractivity contribution in [2.45, 2.75) is 71.3 Å². The van der Waals surface area contributed by atoms with Gasteiger partial charge in [-0.2, -0.15) is 0 Å². The van der Waals surface area contributed by atoms with Crippen molar-refractivity contribution < 1.29 is 14.4 Å². The van der Waals surface area contributed by atoms with Gasteiger partial charge in [-0.1, -0.05) is 20.8 Å². The van der Waals surface area contributed by atoms with Gasteiger partial charge in [-0.15, -0.1) is 0 Å². The molecule has 0 unspecified atom stereocenters. The Morgan fingerprint density at radius 2 is 1.64 bits per heavy atom. The molecule has 0 saturated carbocycles. The van der Waals surface area contributed by atoms with Gasteiger partial charge in [0.15, 0.2) is 0 Å². The maximum absolute atomic E-state index is 12.9. The number of aromatic nitrogens is 2. The van der Waals surface area contributed by atoms with Crippen molar-refractivity contribution in [3.05, 3.63) is 27.4 Å². The van der Waals surface area contributed by atoms with Crippen LogP contribution in [0.15, 0.2) is 4.79 Å². The van der Waals surface area contributed by atoms with Crippen LogP contribution < -0.4 is 5.56 Å². The number of nitrogens with one attached hydrogen (secondary N) is 1. The molecule has 0 aromatic carbocycles. The van der Waals surface area contributed by atoms with Gasteiger partial charge in [0.25, 0.3) is 11.5 Å². The van der Waals surface area contributed by atoms with Crippen LogP contribution in [0.4, 0.5) is 0 Å². The number of aromatic amines is 1. The van der Waals surface area contributed by atoms with Gasteiger partial charge in [-0.25, -0.2) is 4.98 Å². The first-order valence-electron chi connectivity index (χ1n) is 9.85. The topological polar surface area (TPSA) is 103 Å². The lowest BCUT2D eigenvalue weighted by atomic mass is 9.95. The second-order valence-electron chi connectivity index (χ2n) is 8.66. The largest absolute Gasteiger partial charge is 0.338 e. The fourth-order valence-corrected chi connectivity index (χ4v) is 3.86. The van der Waals surface area contributed by atoms with Crippen molar-refractivity contribution >= 4 is 17.7 Å². The fourth-order valence-electron chi connectivity index (χ4n) is 3.86. The minimum absolute atomic E-state index is 0.0663. The lowest BCUT2D eigenvalue weighted by Gasteiger charge is -2.39. The maximum atomic E-state index is 12.9. The Balaban J connectivity index is 1.73. The molecule has 3 amide bonds. The summed E-state index contributed by atoms with van der Waals surface area (Å²) in [5.41, 5.74) is -0.262. The van der Waals surface area contributed by atoms with Gasteiger partial charge >= 0.3 is 0 Å². The van der Waals surface area contributed by atoms with Gasteiger partial charge in [-0.05, 0) is 26.2 Å². The molecule has 3 heterocycles. The Morgan fingerprint density at radius 3 is 2.14 bits per heavy atom. The Hall–Kier alpha value is -2.51. The molecule has 0 atom stereocenters. The van der Waals surface area contributed by atoms with Gasteiger partial charge in [0.1, 0.15) is 11.4 Å². The van der Waals surface area contributed by atoms with Crippen LogP contribution in [-0.2, 0) is 15.0 Å². The van der Waals surface area contributed by atoms with E-state index in [2.05, 4.69) is 9.97 Å². The molecule has 8 nitrogen and oxygen atoms in total. The summed E-state index contributed by atoms with van der Waals surface area (Å²) in [5.74, 6) is -0.0283. The van der Waals surface area contributed by atoms with Crippen molar-refractivity contribution in [2.24, 2.45) is 0 Å². The van der Waals surface area contributed by atoms with Crippen molar-refractivity contribution in [1.29, 1.82) is 0 Å². The number of likely N-dealkylation sites (tertiary alicyclic amines) is 2. The molecule has 152 valence electrons. The zero-order valence-corrected chi connectivity index (χ0v) is 17.0. The molecule has 1 aromatic rings. The third kappa shape index (κ3) is 3.86. The summed E-state index contributed by atoms with van der Waals surface area (Å²) in [6.45, 7) is 8.32. The van der Waals surface area contributed by atoms with Crippen molar-refractivity contribution in [3.8, 4) is 0 Å². The molecule has 2 aliphatic rings. The van der Waals surface area contributed by atoms with E-state index in [4.69, 9.17) is 0 Å². The highest BCUT2D eigenvalue weighted by Gasteiger charge is 2.36. The van der Waals surface area contributed by atoms with Crippen LogP contribution in [0.25, 0.3) is 0 Å². The SMILES string of the molecule is Cc1nc(C(C)(C)C)[nH]c(=O)c1C(=O)N1CCC(N2C(=O)CCCC2=O)CC1. The molecular weight excluding hydrogens is 360 g/mol. The third-order valence-electron chi connectivity index (χ3n) is 5.46. The second-order valence-corrected chi connectivity index (χ2v) is 8.66. The molecular formula is C20H28N4O4. The molecule has 0 aliphatic carbocycles. The van der Waals surface area contributed by atoms with E-state index < -0.39 is 5.56 Å². The van der Waals surface area contributed by atoms with Crippen molar-refractivity contribution in [2.75, 3.05) is 13.1 Å². The number of piperidine rings is 2. The van der Waals surface area contributed by atoms with E-state index in [0.29, 0.717) is 56.7 Å². The van der Waals surface area contributed by atoms with E-state index in [1.165, 1.54) is 4.90 Å². The summed E-state index contributed by atoms with van der Waals surface area (Å²) >= 11 is 0. The van der Waals surface area contributed by atoms with Crippen LogP contribution in [-0.4, -0.2) is 56.6 Å². The molecule has 2 saturated heterocycles. The van der Waals surface area contributed by atoms with E-state index in [1.807, 2.05) is 20.8 Å². The van der Waals surface area contributed by atoms with Crippen molar-refractivity contribution in [3.63, 3.8) is 0 Å². The second kappa shape index (κ2) is 7.48. The predicted octanol–water partition coefficient (Wildman–Crippen LogP) is 1.52. The first-order chi connectivity index (χ1) is 13.1. The smallest absolute Gasteiger partial charge is 0.264 e. The monoisotopic (exact) mass is 388 g/mol. The molecule has 1 aromatic heterocycles. The Kier molecular flexibility index (Phi) is 5.41. The number of amides is 3. The highest BCUT2D eigenvalue weighted by Crippen LogP contribution is 2.24. The zero-order chi connectivity index (χ0) is 20.6. The highest BCUT2D eigenvalue weighted by molar-refractivity contribution is 5.98. The van der Waals surface area contributed by atoms with E-state index in [-0.39, 0.29) is 34.7 Å². The normalized spacial score (nSPS) is 19.3. The first-order valence-corrected chi connectivity index (χ1v) is 9.85. The molecule has 0 spiro atoms. The van der Waals surface area contributed by atoms with Crippen LogP contribution in [0.1, 0.15) is 74.8 Å². The number of hydrogen-bond acceptors (Lipinski definition) is 5. The quantitative estimate of drug-likeness (QED) is 0.774. The van der Waals surface area contributed by atoms with Gasteiger partial charge in [-0.3, -0.25) is 24.1 Å². The number of hydrogen-bond donors (Lipinski definition) is 1. The summed E-state index contributed by atoms with van der Waals surface area (Å²) in [4.78, 5) is 59.9. The average Bonchev–Trinajstić information content (AvgIpc) is 2.60. The molecule has 28 heavy (non-hydrogen) atoms. The van der Waals surface area contributed by atoms with Crippen LogP contribution in [0.5, 0.6) is 0 Å². The Morgan fingerprint density at radius 1 is 1.07 bits per heavy atom. The molecule has 2 aliphatic heterocycles. The number of carbonyl (C=O) groups is 3. The number of nitrogens with zero attached hydrogens (tertiary/aromatic N) is 3. The number of rotatable bonds is 2. The molecule has 0 bridgehead atoms. The average molecular weight is 388 g/mol. The number of aryl methyl sites for hydroxylation is 1. The van der Waals surface area contributed by atoms with Crippen LogP contribution >= 0.6 is 0 Å². The number of imide groups is 1. The molecule has 0 radical (unpaired) electrons. The van der Waals surface area contributed by atoms with Gasteiger partial charge in [0, 0.05) is 37.4 Å².